The van der Waals surface area contributed by atoms with Gasteiger partial charge in [0.15, 0.2) is 5.82 Å². The Morgan fingerprint density at radius 3 is 2.40 bits per heavy atom. The zero-order valence-corrected chi connectivity index (χ0v) is 38.6. The summed E-state index contributed by atoms with van der Waals surface area (Å²) >= 11 is 13.7. The highest BCUT2D eigenvalue weighted by Gasteiger charge is 2.38. The fraction of sp³-hybridized carbons (Fsp3) is 0.396. The van der Waals surface area contributed by atoms with E-state index in [1.54, 1.807) is 20.4 Å². The van der Waals surface area contributed by atoms with E-state index >= 15 is 4.79 Å². The molecule has 2 aliphatic rings. The summed E-state index contributed by atoms with van der Waals surface area (Å²) in [5, 5.41) is 12.9. The normalized spacial score (nSPS) is 15.5. The topological polar surface area (TPSA) is 117 Å². The van der Waals surface area contributed by atoms with Crippen LogP contribution >= 0.6 is 23.2 Å². The van der Waals surface area contributed by atoms with Crippen LogP contribution in [0, 0.1) is 33.6 Å². The van der Waals surface area contributed by atoms with Crippen LogP contribution in [0.5, 0.6) is 5.75 Å². The third-order valence-corrected chi connectivity index (χ3v) is 13.8. The highest BCUT2D eigenvalue weighted by Crippen LogP contribution is 2.46. The van der Waals surface area contributed by atoms with Crippen molar-refractivity contribution in [3.8, 4) is 28.3 Å². The minimum absolute atomic E-state index is 0.0791. The third kappa shape index (κ3) is 7.57. The summed E-state index contributed by atoms with van der Waals surface area (Å²) in [6.45, 7) is 16.0. The molecule has 0 unspecified atom stereocenters. The first-order chi connectivity index (χ1) is 30.2. The summed E-state index contributed by atoms with van der Waals surface area (Å²) in [6.07, 6.45) is 5.11. The fourth-order valence-corrected chi connectivity index (χ4v) is 10.0. The zero-order chi connectivity index (χ0) is 44.4. The number of carbonyl (C=O) groups excluding carboxylic acids is 2. The van der Waals surface area contributed by atoms with E-state index in [2.05, 4.69) is 47.4 Å². The maximum atomic E-state index is 15.5. The molecule has 13 nitrogen and oxygen atoms in total. The van der Waals surface area contributed by atoms with E-state index in [1.165, 1.54) is 0 Å². The molecule has 0 bridgehead atoms. The van der Waals surface area contributed by atoms with Crippen molar-refractivity contribution in [2.75, 3.05) is 44.9 Å². The molecule has 1 fully saturated rings. The van der Waals surface area contributed by atoms with Crippen LogP contribution in [0.3, 0.4) is 0 Å². The van der Waals surface area contributed by atoms with E-state index in [-0.39, 0.29) is 17.9 Å². The van der Waals surface area contributed by atoms with Gasteiger partial charge < -0.3 is 28.4 Å². The van der Waals surface area contributed by atoms with Crippen LogP contribution in [-0.2, 0) is 36.1 Å². The smallest absolute Gasteiger partial charge is 0.275 e. The van der Waals surface area contributed by atoms with Crippen LogP contribution in [-0.4, -0.2) is 90.4 Å². The maximum absolute atomic E-state index is 15.5. The number of hydrogen-bond donors (Lipinski definition) is 0. The summed E-state index contributed by atoms with van der Waals surface area (Å²) < 4.78 is 20.0. The predicted octanol–water partition coefficient (Wildman–Crippen LogP) is 9.15. The second-order valence-electron chi connectivity index (χ2n) is 17.3. The van der Waals surface area contributed by atoms with E-state index in [0.717, 1.165) is 96.1 Å². The Kier molecular flexibility index (Phi) is 11.4. The number of nitrogens with zero attached hydrogens (tertiary/aromatic N) is 9. The van der Waals surface area contributed by atoms with Gasteiger partial charge >= 0.3 is 0 Å². The van der Waals surface area contributed by atoms with Crippen LogP contribution in [0.1, 0.15) is 64.9 Å². The van der Waals surface area contributed by atoms with Crippen molar-refractivity contribution in [3.63, 3.8) is 0 Å². The lowest BCUT2D eigenvalue weighted by Crippen LogP contribution is -2.50. The lowest BCUT2D eigenvalue weighted by Gasteiger charge is -2.38. The number of aromatic nitrogens is 7. The van der Waals surface area contributed by atoms with Crippen LogP contribution in [0.2, 0.25) is 10.0 Å². The Morgan fingerprint density at radius 2 is 1.70 bits per heavy atom. The SMILES string of the molecule is COCCn1cc(N2C[C@@H](C)n3c(c(CCCOc4cc(C)c(Cl)c(C)c4)c4ccc(Cl)c(-c5c(C)nn(C)c5C)c43)C2=O)c2cc(-c3ncn(CC4CN(C(C)=O)C4)n3)ccc21. The Hall–Kier alpha value is -5.63. The molecule has 9 rings (SSSR count). The van der Waals surface area contributed by atoms with Gasteiger partial charge in [0.2, 0.25) is 5.91 Å². The zero-order valence-electron chi connectivity index (χ0n) is 37.1. The summed E-state index contributed by atoms with van der Waals surface area (Å²) in [5.41, 5.74) is 10.9. The molecular weight excluding hydrogens is 837 g/mol. The van der Waals surface area contributed by atoms with Crippen molar-refractivity contribution in [2.45, 2.75) is 73.5 Å². The quantitative estimate of drug-likeness (QED) is 0.106. The van der Waals surface area contributed by atoms with Gasteiger partial charge in [0.25, 0.3) is 5.91 Å². The highest BCUT2D eigenvalue weighted by atomic mass is 35.5. The van der Waals surface area contributed by atoms with Gasteiger partial charge in [-0.3, -0.25) is 19.0 Å². The monoisotopic (exact) mass is 889 g/mol. The number of benzene rings is 3. The molecule has 1 atom stereocenters. The Balaban J connectivity index is 1.12. The van der Waals surface area contributed by atoms with Gasteiger partial charge in [0.1, 0.15) is 17.8 Å². The summed E-state index contributed by atoms with van der Waals surface area (Å²) in [7, 11) is 3.64. The Morgan fingerprint density at radius 1 is 0.937 bits per heavy atom. The molecule has 0 radical (unpaired) electrons. The van der Waals surface area contributed by atoms with Crippen molar-refractivity contribution < 1.29 is 19.1 Å². The highest BCUT2D eigenvalue weighted by molar-refractivity contribution is 6.35. The van der Waals surface area contributed by atoms with Gasteiger partial charge in [0, 0.05) is 110 Å². The lowest BCUT2D eigenvalue weighted by molar-refractivity contribution is -0.135. The number of carbonyl (C=O) groups is 2. The average Bonchev–Trinajstić information content (AvgIpc) is 4.00. The molecule has 7 aromatic rings. The number of methoxy groups -OCH3 is 1. The summed E-state index contributed by atoms with van der Waals surface area (Å²) in [4.78, 5) is 35.8. The fourth-order valence-electron chi connectivity index (χ4n) is 9.67. The van der Waals surface area contributed by atoms with Crippen molar-refractivity contribution in [1.29, 1.82) is 0 Å². The molecule has 6 heterocycles. The number of hydrogen-bond acceptors (Lipinski definition) is 7. The number of likely N-dealkylation sites (tertiary alicyclic amines) is 1. The minimum Gasteiger partial charge on any atom is -0.494 e. The van der Waals surface area contributed by atoms with Crippen molar-refractivity contribution in [3.05, 3.63) is 98.8 Å². The van der Waals surface area contributed by atoms with Gasteiger partial charge in [-0.05, 0) is 101 Å². The molecule has 0 spiro atoms. The molecule has 4 aromatic heterocycles. The molecule has 15 heteroatoms. The largest absolute Gasteiger partial charge is 0.494 e. The van der Waals surface area contributed by atoms with Gasteiger partial charge in [-0.15, -0.1) is 0 Å². The first kappa shape index (κ1) is 42.7. The van der Waals surface area contributed by atoms with Gasteiger partial charge in [-0.1, -0.05) is 29.3 Å². The number of fused-ring (bicyclic) bond motifs is 4. The number of aryl methyl sites for hydroxylation is 5. The third-order valence-electron chi connectivity index (χ3n) is 12.9. The van der Waals surface area contributed by atoms with E-state index in [0.29, 0.717) is 68.1 Å². The number of anilines is 1. The Bertz CT molecular complexity index is 2910. The summed E-state index contributed by atoms with van der Waals surface area (Å²) in [5.74, 6) is 1.74. The van der Waals surface area contributed by atoms with E-state index in [4.69, 9.17) is 47.9 Å². The summed E-state index contributed by atoms with van der Waals surface area (Å²) in [6, 6.07) is 14.1. The molecule has 2 aliphatic heterocycles. The lowest BCUT2D eigenvalue weighted by atomic mass is 9.98. The standard InChI is InChI=1S/C48H53Cl2N9O4/c1-27-18-35(19-28(2)44(27)50)63-16-9-10-36-37-12-13-39(49)43(42-30(4)52-54(7)31(42)5)45(37)59-29(3)21-58(48(61)46(36)59)41-25-55(15-17-62-8)40-14-11-34(20-38(40)41)47-51-26-57(53-47)24-33-22-56(23-33)32(6)60/h11-14,18-20,25-26,29,33H,9-10,15-17,21-24H2,1-8H3/t29-/m1/s1. The number of ether oxygens (including phenoxy) is 2. The predicted molar refractivity (Wildman–Crippen MR) is 248 cm³/mol. The number of amides is 2. The molecule has 0 saturated carbocycles. The molecule has 1 saturated heterocycles. The average molecular weight is 891 g/mol. The number of rotatable bonds is 13. The molecule has 328 valence electrons. The molecule has 0 N–H and O–H groups in total. The second-order valence-corrected chi connectivity index (χ2v) is 18.1. The first-order valence-corrected chi connectivity index (χ1v) is 22.3. The second kappa shape index (κ2) is 16.8. The Labute approximate surface area is 377 Å². The minimum atomic E-state index is -0.122. The van der Waals surface area contributed by atoms with Crippen LogP contribution in [0.15, 0.2) is 55.0 Å². The molecular formula is C48H53Cl2N9O4. The molecule has 0 aliphatic carbocycles. The molecule has 63 heavy (non-hydrogen) atoms. The molecule has 2 amide bonds. The van der Waals surface area contributed by atoms with E-state index in [9.17, 15) is 4.79 Å². The van der Waals surface area contributed by atoms with E-state index in [1.807, 2.05) is 71.2 Å². The van der Waals surface area contributed by atoms with Crippen molar-refractivity contribution in [2.24, 2.45) is 13.0 Å². The van der Waals surface area contributed by atoms with Crippen molar-refractivity contribution >= 4 is 62.5 Å². The maximum Gasteiger partial charge on any atom is 0.275 e. The molecule has 3 aromatic carbocycles. The van der Waals surface area contributed by atoms with Crippen LogP contribution in [0.25, 0.3) is 44.3 Å². The van der Waals surface area contributed by atoms with Gasteiger partial charge in [-0.25, -0.2) is 4.98 Å². The van der Waals surface area contributed by atoms with Crippen LogP contribution < -0.4 is 9.64 Å². The first-order valence-electron chi connectivity index (χ1n) is 21.6. The van der Waals surface area contributed by atoms with Crippen LogP contribution in [0.4, 0.5) is 5.69 Å². The van der Waals surface area contributed by atoms with Gasteiger partial charge in [0.05, 0.1) is 40.7 Å². The van der Waals surface area contributed by atoms with Crippen molar-refractivity contribution in [1.82, 2.24) is 38.6 Å². The van der Waals surface area contributed by atoms with Gasteiger partial charge in [-0.2, -0.15) is 10.2 Å². The number of halogens is 2. The van der Waals surface area contributed by atoms with E-state index < -0.39 is 0 Å².